The molecular weight excluding hydrogens is 362 g/mol. The molecule has 2 aromatic carbocycles. The van der Waals surface area contributed by atoms with E-state index < -0.39 is 4.92 Å². The first kappa shape index (κ1) is 18.5. The van der Waals surface area contributed by atoms with E-state index in [0.717, 1.165) is 11.3 Å². The maximum atomic E-state index is 12.1. The number of aromatic nitrogens is 1. The standard InChI is InChI=1S/C20H17N3O3S/c1-13-6-8-16(10-14(13)2)18-12-27-20(21-18)22-19(24)9-7-15-4-3-5-17(11-15)23(25)26/h3-12H,1-2H3,(H,21,22,24)/b9-7+. The highest BCUT2D eigenvalue weighted by atomic mass is 32.1. The molecule has 0 radical (unpaired) electrons. The third-order valence-corrected chi connectivity index (χ3v) is 4.80. The summed E-state index contributed by atoms with van der Waals surface area (Å²) in [6.45, 7) is 4.10. The number of non-ortho nitro benzene ring substituents is 1. The van der Waals surface area contributed by atoms with Crippen LogP contribution in [-0.4, -0.2) is 15.8 Å². The van der Waals surface area contributed by atoms with Gasteiger partial charge in [-0.2, -0.15) is 0 Å². The van der Waals surface area contributed by atoms with Gasteiger partial charge >= 0.3 is 0 Å². The number of thiazole rings is 1. The fraction of sp³-hybridized carbons (Fsp3) is 0.100. The van der Waals surface area contributed by atoms with Gasteiger partial charge in [0, 0.05) is 29.2 Å². The van der Waals surface area contributed by atoms with Gasteiger partial charge in [0.2, 0.25) is 5.91 Å². The molecule has 0 saturated heterocycles. The van der Waals surface area contributed by atoms with E-state index in [2.05, 4.69) is 23.3 Å². The van der Waals surface area contributed by atoms with Crippen molar-refractivity contribution in [1.82, 2.24) is 4.98 Å². The highest BCUT2D eigenvalue weighted by Gasteiger charge is 2.08. The van der Waals surface area contributed by atoms with Gasteiger partial charge in [0.15, 0.2) is 5.13 Å². The molecule has 0 fully saturated rings. The minimum absolute atomic E-state index is 0.0180. The summed E-state index contributed by atoms with van der Waals surface area (Å²) >= 11 is 1.34. The topological polar surface area (TPSA) is 85.1 Å². The van der Waals surface area contributed by atoms with Crippen LogP contribution in [0.2, 0.25) is 0 Å². The van der Waals surface area contributed by atoms with Crippen molar-refractivity contribution in [1.29, 1.82) is 0 Å². The second-order valence-corrected chi connectivity index (χ2v) is 6.87. The van der Waals surface area contributed by atoms with Crippen LogP contribution in [0.1, 0.15) is 16.7 Å². The molecule has 0 aliphatic heterocycles. The highest BCUT2D eigenvalue weighted by Crippen LogP contribution is 2.26. The Hall–Kier alpha value is -3.32. The Morgan fingerprint density at radius 2 is 2.00 bits per heavy atom. The number of carbonyl (C=O) groups is 1. The minimum atomic E-state index is -0.471. The first-order valence-corrected chi connectivity index (χ1v) is 9.07. The molecule has 1 aromatic heterocycles. The third-order valence-electron chi connectivity index (χ3n) is 4.05. The lowest BCUT2D eigenvalue weighted by atomic mass is 10.1. The molecule has 0 saturated carbocycles. The van der Waals surface area contributed by atoms with Gasteiger partial charge in [0.1, 0.15) is 0 Å². The summed E-state index contributed by atoms with van der Waals surface area (Å²) in [4.78, 5) is 26.8. The van der Waals surface area contributed by atoms with Crippen molar-refractivity contribution in [3.05, 3.63) is 80.7 Å². The van der Waals surface area contributed by atoms with Crippen LogP contribution in [-0.2, 0) is 4.79 Å². The van der Waals surface area contributed by atoms with E-state index in [0.29, 0.717) is 10.7 Å². The van der Waals surface area contributed by atoms with Gasteiger partial charge in [-0.3, -0.25) is 20.2 Å². The second kappa shape index (κ2) is 7.92. The number of benzene rings is 2. The number of aryl methyl sites for hydroxylation is 2. The maximum Gasteiger partial charge on any atom is 0.270 e. The van der Waals surface area contributed by atoms with Crippen LogP contribution >= 0.6 is 11.3 Å². The van der Waals surface area contributed by atoms with Gasteiger partial charge in [-0.1, -0.05) is 24.3 Å². The molecule has 0 spiro atoms. The smallest absolute Gasteiger partial charge is 0.270 e. The maximum absolute atomic E-state index is 12.1. The lowest BCUT2D eigenvalue weighted by molar-refractivity contribution is -0.384. The largest absolute Gasteiger partial charge is 0.298 e. The SMILES string of the molecule is Cc1ccc(-c2csc(NC(=O)/C=C/c3cccc([N+](=O)[O-])c3)n2)cc1C. The molecule has 136 valence electrons. The number of hydrogen-bond acceptors (Lipinski definition) is 5. The molecule has 0 atom stereocenters. The van der Waals surface area contributed by atoms with Crippen LogP contribution in [0.25, 0.3) is 17.3 Å². The molecule has 0 bridgehead atoms. The summed E-state index contributed by atoms with van der Waals surface area (Å²) in [5.74, 6) is -0.345. The quantitative estimate of drug-likeness (QED) is 0.384. The molecule has 0 unspecified atom stereocenters. The van der Waals surface area contributed by atoms with Gasteiger partial charge in [-0.25, -0.2) is 4.98 Å². The van der Waals surface area contributed by atoms with E-state index in [9.17, 15) is 14.9 Å². The normalized spacial score (nSPS) is 10.9. The molecule has 1 amide bonds. The summed E-state index contributed by atoms with van der Waals surface area (Å²) in [5.41, 5.74) is 4.77. The number of hydrogen-bond donors (Lipinski definition) is 1. The monoisotopic (exact) mass is 379 g/mol. The van der Waals surface area contributed by atoms with Crippen molar-refractivity contribution in [3.63, 3.8) is 0 Å². The predicted octanol–water partition coefficient (Wildman–Crippen LogP) is 4.99. The number of nitro groups is 1. The number of nitro benzene ring substituents is 1. The van der Waals surface area contributed by atoms with Gasteiger partial charge in [0.05, 0.1) is 10.6 Å². The molecule has 6 nitrogen and oxygen atoms in total. The summed E-state index contributed by atoms with van der Waals surface area (Å²) in [6.07, 6.45) is 2.86. The first-order valence-electron chi connectivity index (χ1n) is 8.19. The average molecular weight is 379 g/mol. The van der Waals surface area contributed by atoms with Crippen LogP contribution in [0, 0.1) is 24.0 Å². The number of carbonyl (C=O) groups excluding carboxylic acids is 1. The minimum Gasteiger partial charge on any atom is -0.298 e. The average Bonchev–Trinajstić information content (AvgIpc) is 3.11. The number of anilines is 1. The Balaban J connectivity index is 1.68. The van der Waals surface area contributed by atoms with E-state index >= 15 is 0 Å². The fourth-order valence-corrected chi connectivity index (χ4v) is 3.15. The predicted molar refractivity (Wildman–Crippen MR) is 108 cm³/mol. The number of amides is 1. The number of nitrogens with zero attached hydrogens (tertiary/aromatic N) is 2. The summed E-state index contributed by atoms with van der Waals surface area (Å²) in [7, 11) is 0. The van der Waals surface area contributed by atoms with Crippen molar-refractivity contribution < 1.29 is 9.72 Å². The zero-order valence-electron chi connectivity index (χ0n) is 14.8. The van der Waals surface area contributed by atoms with Crippen molar-refractivity contribution in [2.45, 2.75) is 13.8 Å². The van der Waals surface area contributed by atoms with Gasteiger partial charge in [-0.05, 0) is 42.7 Å². The zero-order valence-corrected chi connectivity index (χ0v) is 15.6. The molecule has 1 heterocycles. The van der Waals surface area contributed by atoms with Crippen LogP contribution in [0.5, 0.6) is 0 Å². The van der Waals surface area contributed by atoms with Crippen molar-refractivity contribution in [2.75, 3.05) is 5.32 Å². The molecule has 0 aliphatic rings. The van der Waals surface area contributed by atoms with Crippen molar-refractivity contribution >= 4 is 34.1 Å². The van der Waals surface area contributed by atoms with Crippen LogP contribution in [0.15, 0.2) is 53.9 Å². The van der Waals surface area contributed by atoms with Crippen molar-refractivity contribution in [2.24, 2.45) is 0 Å². The van der Waals surface area contributed by atoms with Crippen molar-refractivity contribution in [3.8, 4) is 11.3 Å². The number of nitrogens with one attached hydrogen (secondary N) is 1. The van der Waals surface area contributed by atoms with E-state index in [1.807, 2.05) is 24.4 Å². The Morgan fingerprint density at radius 1 is 1.19 bits per heavy atom. The van der Waals surface area contributed by atoms with Gasteiger partial charge < -0.3 is 0 Å². The summed E-state index contributed by atoms with van der Waals surface area (Å²) in [5, 5.41) is 15.9. The third kappa shape index (κ3) is 4.65. The Morgan fingerprint density at radius 3 is 2.74 bits per heavy atom. The van der Waals surface area contributed by atoms with Gasteiger partial charge in [-0.15, -0.1) is 11.3 Å². The van der Waals surface area contributed by atoms with E-state index in [-0.39, 0.29) is 11.6 Å². The molecule has 27 heavy (non-hydrogen) atoms. The summed E-state index contributed by atoms with van der Waals surface area (Å²) in [6, 6.07) is 12.2. The molecule has 3 aromatic rings. The lowest BCUT2D eigenvalue weighted by Crippen LogP contribution is -2.07. The first-order chi connectivity index (χ1) is 12.9. The molecule has 7 heteroatoms. The second-order valence-electron chi connectivity index (χ2n) is 6.01. The number of rotatable bonds is 5. The van der Waals surface area contributed by atoms with E-state index in [4.69, 9.17) is 0 Å². The Labute approximate surface area is 160 Å². The Kier molecular flexibility index (Phi) is 5.42. The molecule has 0 aliphatic carbocycles. The lowest BCUT2D eigenvalue weighted by Gasteiger charge is -2.02. The fourth-order valence-electron chi connectivity index (χ4n) is 2.43. The summed E-state index contributed by atoms with van der Waals surface area (Å²) < 4.78 is 0. The molecular formula is C20H17N3O3S. The highest BCUT2D eigenvalue weighted by molar-refractivity contribution is 7.14. The van der Waals surface area contributed by atoms with E-state index in [1.54, 1.807) is 12.1 Å². The van der Waals surface area contributed by atoms with Crippen LogP contribution in [0.3, 0.4) is 0 Å². The molecule has 3 rings (SSSR count). The van der Waals surface area contributed by atoms with Gasteiger partial charge in [0.25, 0.3) is 5.69 Å². The molecule has 1 N–H and O–H groups in total. The van der Waals surface area contributed by atoms with Crippen LogP contribution < -0.4 is 5.32 Å². The Bertz CT molecular complexity index is 1040. The zero-order chi connectivity index (χ0) is 19.4. The van der Waals surface area contributed by atoms with E-state index in [1.165, 1.54) is 46.7 Å². The van der Waals surface area contributed by atoms with Crippen LogP contribution in [0.4, 0.5) is 10.8 Å².